The van der Waals surface area contributed by atoms with Gasteiger partial charge in [-0.25, -0.2) is 23.2 Å². The number of amides is 4. The van der Waals surface area contributed by atoms with Gasteiger partial charge in [-0.2, -0.15) is 4.99 Å². The second-order valence-electron chi connectivity index (χ2n) is 16.2. The Bertz CT molecular complexity index is 2690. The van der Waals surface area contributed by atoms with Crippen molar-refractivity contribution in [3.8, 4) is 11.5 Å². The summed E-state index contributed by atoms with van der Waals surface area (Å²) in [6.07, 6.45) is -2.07. The predicted octanol–water partition coefficient (Wildman–Crippen LogP) is 8.02. The third-order valence-electron chi connectivity index (χ3n) is 11.5. The van der Waals surface area contributed by atoms with Gasteiger partial charge in [0, 0.05) is 36.8 Å². The number of ether oxygens (including phenoxy) is 6. The molecule has 0 aliphatic carbocycles. The van der Waals surface area contributed by atoms with Crippen molar-refractivity contribution in [3.05, 3.63) is 110 Å². The number of rotatable bonds is 12. The summed E-state index contributed by atoms with van der Waals surface area (Å²) >= 11 is 20.4. The molecule has 0 spiro atoms. The number of cyclic esters (lactones) is 2. The van der Waals surface area contributed by atoms with E-state index >= 15 is 0 Å². The number of halogens is 2. The molecule has 5 saturated heterocycles. The summed E-state index contributed by atoms with van der Waals surface area (Å²) < 4.78 is 57.2. The zero-order valence-electron chi connectivity index (χ0n) is 40.2. The minimum absolute atomic E-state index is 0.0978. The van der Waals surface area contributed by atoms with Gasteiger partial charge < -0.3 is 48.9 Å². The van der Waals surface area contributed by atoms with Gasteiger partial charge in [0.1, 0.15) is 35.3 Å². The van der Waals surface area contributed by atoms with Crippen LogP contribution in [0.25, 0.3) is 0 Å². The summed E-state index contributed by atoms with van der Waals surface area (Å²) in [5.41, 5.74) is 1.85. The molecule has 0 unspecified atom stereocenters. The molecule has 5 aliphatic heterocycles. The van der Waals surface area contributed by atoms with E-state index in [1.807, 2.05) is 56.1 Å². The van der Waals surface area contributed by atoms with E-state index in [9.17, 15) is 23.2 Å². The summed E-state index contributed by atoms with van der Waals surface area (Å²) in [5.74, 6) is 5.37. The fourth-order valence-corrected chi connectivity index (χ4v) is 50.2. The smallest absolute Gasteiger partial charge is 0.414 e. The number of morpholine rings is 2. The number of hydrogen-bond acceptors (Lipinski definition) is 16. The molecule has 5 fully saturated rings. The van der Waals surface area contributed by atoms with Crippen molar-refractivity contribution >= 4 is 135 Å². The van der Waals surface area contributed by atoms with Crippen molar-refractivity contribution < 1.29 is 51.6 Å². The van der Waals surface area contributed by atoms with Gasteiger partial charge in [0.2, 0.25) is 5.11 Å². The highest BCUT2D eigenvalue weighted by Gasteiger charge is 2.46. The highest BCUT2D eigenvalue weighted by Crippen LogP contribution is 3.04. The molecule has 74 heavy (non-hydrogen) atoms. The number of urea groups is 1. The van der Waals surface area contributed by atoms with E-state index in [2.05, 4.69) is 69.8 Å². The van der Waals surface area contributed by atoms with Crippen LogP contribution in [0.2, 0.25) is 0 Å². The molecule has 5 aliphatic rings. The van der Waals surface area contributed by atoms with Crippen molar-refractivity contribution in [1.29, 1.82) is 0 Å². The van der Waals surface area contributed by atoms with Gasteiger partial charge in [-0.05, 0) is 122 Å². The Kier molecular flexibility index (Phi) is 20.1. The van der Waals surface area contributed by atoms with E-state index in [0.717, 1.165) is 11.5 Å². The van der Waals surface area contributed by atoms with Gasteiger partial charge in [-0.1, -0.05) is 45.6 Å². The highest BCUT2D eigenvalue weighted by molar-refractivity contribution is 9.48. The molecule has 4 amide bonds. The minimum atomic E-state index is -1.66. The Morgan fingerprint density at radius 1 is 0.689 bits per heavy atom. The lowest BCUT2D eigenvalue weighted by Crippen LogP contribution is -2.36. The summed E-state index contributed by atoms with van der Waals surface area (Å²) in [4.78, 5) is 49.0. The standard InChI is InChI=1S/C17H19FN4O4.C17H19FN4O3S.C14H14O2P2S4/c1-2-19-16(23)20-10-13-11-22(17(24)26-13)12-3-4-15(14(18)9-12)21-5-7-25-8-6-21;1-2-19-16(26)20-10-13-11-22(17(23)25-13)12-3-4-15(14(18)9-12)21-5-7-24-8-6-21;1-15-11-3-7-13(8-4-11)17(19)21-18(20,22-17)14-9-5-12(16-2)6-10-14/h3-4,9,13H,1,5-8,10-11H2,(H,20,23);3-4,9,13H,1,5-8,10-11H2,(H,20,26);3-10H,1-2H3/t2*13-;/m00./s1. The van der Waals surface area contributed by atoms with Gasteiger partial charge in [-0.15, -0.1) is 4.99 Å². The van der Waals surface area contributed by atoms with E-state index in [1.165, 1.54) is 32.5 Å². The number of nitrogens with one attached hydrogen (secondary N) is 2. The van der Waals surface area contributed by atoms with Gasteiger partial charge >= 0.3 is 18.2 Å². The molecule has 2 atom stereocenters. The van der Waals surface area contributed by atoms with Crippen LogP contribution in [-0.4, -0.2) is 140 Å². The number of nitrogens with zero attached hydrogens (tertiary/aromatic N) is 6. The van der Waals surface area contributed by atoms with Crippen molar-refractivity contribution in [1.82, 2.24) is 10.6 Å². The van der Waals surface area contributed by atoms with Crippen LogP contribution >= 0.6 is 43.1 Å². The Morgan fingerprint density at radius 3 is 1.47 bits per heavy atom. The maximum Gasteiger partial charge on any atom is 0.414 e. The number of aliphatic imine (C=N–C) groups is 2. The van der Waals surface area contributed by atoms with Crippen LogP contribution in [-0.2, 0) is 42.6 Å². The highest BCUT2D eigenvalue weighted by atomic mass is 33.7. The molecule has 4 aromatic rings. The fourth-order valence-electron chi connectivity index (χ4n) is 7.76. The van der Waals surface area contributed by atoms with E-state index in [4.69, 9.17) is 64.3 Å². The summed E-state index contributed by atoms with van der Waals surface area (Å²) in [6, 6.07) is 25.0. The number of carbonyl (C=O) groups excluding carboxylic acids is 3. The molecule has 17 nitrogen and oxygen atoms in total. The SMILES string of the molecule is C=C=NC(=O)NC[C@H]1CN(c2ccc(N3CCOCC3)c(F)c2)C(=O)O1.C=C=NC(=S)NC[C@H]1CN(c2ccc(N3CCOCC3)c(F)c2)C(=O)O1.COc1ccc(P2(=S)SP(=S)(c3ccc(OC)cc3)S2)cc1. The first-order valence-corrected chi connectivity index (χ1v) is 32.9. The number of hydrogen-bond donors (Lipinski definition) is 2. The van der Waals surface area contributed by atoms with Gasteiger partial charge in [0.25, 0.3) is 0 Å². The number of thiocarbonyl (C=S) groups is 1. The Hall–Kier alpha value is -5.34. The molecule has 9 rings (SSSR count). The van der Waals surface area contributed by atoms with Gasteiger partial charge in [0.05, 0.1) is 98.5 Å². The normalized spacial score (nSPS) is 21.9. The van der Waals surface area contributed by atoms with Gasteiger partial charge in [-0.3, -0.25) is 9.80 Å². The zero-order chi connectivity index (χ0) is 52.8. The molecular weight excluding hydrogens is 1090 g/mol. The average Bonchev–Trinajstić information content (AvgIpc) is 3.98. The minimum Gasteiger partial charge on any atom is -0.497 e. The number of carbonyl (C=O) groups is 3. The second kappa shape index (κ2) is 26.4. The Morgan fingerprint density at radius 2 is 1.09 bits per heavy atom. The third-order valence-corrected chi connectivity index (χ3v) is 42.9. The van der Waals surface area contributed by atoms with Gasteiger partial charge in [0.15, 0.2) is 0 Å². The quantitative estimate of drug-likeness (QED) is 0.0794. The second-order valence-corrected chi connectivity index (χ2v) is 37.8. The van der Waals surface area contributed by atoms with E-state index in [1.54, 1.807) is 38.5 Å². The lowest BCUT2D eigenvalue weighted by atomic mass is 10.2. The van der Waals surface area contributed by atoms with E-state index in [0.29, 0.717) is 88.4 Å². The summed E-state index contributed by atoms with van der Waals surface area (Å²) in [7, 11) is 3.34. The van der Waals surface area contributed by atoms with Crippen LogP contribution < -0.4 is 50.3 Å². The van der Waals surface area contributed by atoms with Crippen LogP contribution in [0.15, 0.2) is 108 Å². The zero-order valence-corrected chi connectivity index (χ0v) is 46.1. The maximum absolute atomic E-state index is 14.5. The lowest BCUT2D eigenvalue weighted by molar-refractivity contribution is 0.122. The molecule has 26 heteroatoms. The number of benzene rings is 4. The lowest BCUT2D eigenvalue weighted by Gasteiger charge is -2.40. The first kappa shape index (κ1) is 56.4. The fraction of sp³-hybridized carbons (Fsp3) is 0.333. The molecule has 5 heterocycles. The van der Waals surface area contributed by atoms with Crippen LogP contribution in [0.5, 0.6) is 11.5 Å². The largest absolute Gasteiger partial charge is 0.497 e. The molecule has 392 valence electrons. The first-order chi connectivity index (χ1) is 35.6. The summed E-state index contributed by atoms with van der Waals surface area (Å²) in [5, 5.41) is 7.97. The third kappa shape index (κ3) is 14.5. The number of anilines is 4. The molecule has 0 aromatic heterocycles. The topological polar surface area (TPSA) is 168 Å². The molecular formula is C48H52F2N8O9P2S5. The van der Waals surface area contributed by atoms with E-state index < -0.39 is 45.1 Å². The van der Waals surface area contributed by atoms with Crippen LogP contribution in [0, 0.1) is 11.6 Å². The van der Waals surface area contributed by atoms with Crippen molar-refractivity contribution in [3.63, 3.8) is 0 Å². The average molecular weight is 1150 g/mol. The van der Waals surface area contributed by atoms with E-state index in [-0.39, 0.29) is 24.0 Å². The summed E-state index contributed by atoms with van der Waals surface area (Å²) in [6.45, 7) is 12.2. The first-order valence-electron chi connectivity index (χ1n) is 22.8. The predicted molar refractivity (Wildman–Crippen MR) is 303 cm³/mol. The molecule has 4 aromatic carbocycles. The molecule has 0 saturated carbocycles. The Balaban J connectivity index is 0.000000163. The van der Waals surface area contributed by atoms with Crippen molar-refractivity contribution in [2.24, 2.45) is 9.98 Å². The van der Waals surface area contributed by atoms with Crippen LogP contribution in [0.4, 0.5) is 45.9 Å². The monoisotopic (exact) mass is 1140 g/mol. The molecule has 0 radical (unpaired) electrons. The van der Waals surface area contributed by atoms with Crippen LogP contribution in [0.1, 0.15) is 0 Å². The van der Waals surface area contributed by atoms with Crippen molar-refractivity contribution in [2.75, 3.05) is 113 Å². The maximum atomic E-state index is 14.5. The number of methoxy groups -OCH3 is 2. The Labute approximate surface area is 450 Å². The molecule has 0 bridgehead atoms. The molecule has 2 N–H and O–H groups in total. The van der Waals surface area contributed by atoms with Crippen LogP contribution in [0.3, 0.4) is 0 Å². The van der Waals surface area contributed by atoms with Crippen molar-refractivity contribution in [2.45, 2.75) is 12.2 Å².